The van der Waals surface area contributed by atoms with Crippen molar-refractivity contribution in [3.05, 3.63) is 35.9 Å². The molecule has 2 heteroatoms. The number of carbonyl (C=O) groups is 1. The number of rotatable bonds is 8. The normalized spacial score (nSPS) is 21.5. The van der Waals surface area contributed by atoms with Crippen LogP contribution in [0.5, 0.6) is 0 Å². The molecule has 122 valence electrons. The molecule has 1 aliphatic rings. The zero-order chi connectivity index (χ0) is 15.6. The lowest BCUT2D eigenvalue weighted by Crippen LogP contribution is -2.24. The molecule has 1 aliphatic carbocycles. The number of esters is 1. The number of hydrogen-bond acceptors (Lipinski definition) is 2. The van der Waals surface area contributed by atoms with Gasteiger partial charge >= 0.3 is 5.97 Å². The van der Waals surface area contributed by atoms with Crippen LogP contribution in [0, 0.1) is 11.8 Å². The first-order chi connectivity index (χ1) is 10.8. The summed E-state index contributed by atoms with van der Waals surface area (Å²) in [6, 6.07) is 9.96. The number of hydrogen-bond donors (Lipinski definition) is 0. The minimum absolute atomic E-state index is 0.0158. The summed E-state index contributed by atoms with van der Waals surface area (Å²) < 4.78 is 5.52. The number of carbonyl (C=O) groups excluding carboxylic acids is 1. The van der Waals surface area contributed by atoms with Crippen LogP contribution >= 0.6 is 0 Å². The second-order valence-corrected chi connectivity index (χ2v) is 6.67. The van der Waals surface area contributed by atoms with Crippen molar-refractivity contribution >= 4 is 5.97 Å². The Morgan fingerprint density at radius 2 is 1.95 bits per heavy atom. The highest BCUT2D eigenvalue weighted by Crippen LogP contribution is 2.33. The lowest BCUT2D eigenvalue weighted by molar-refractivity contribution is -0.151. The first kappa shape index (κ1) is 17.1. The van der Waals surface area contributed by atoms with Crippen molar-refractivity contribution in [2.75, 3.05) is 0 Å². The van der Waals surface area contributed by atoms with E-state index in [1.165, 1.54) is 44.9 Å². The minimum Gasteiger partial charge on any atom is -0.461 e. The van der Waals surface area contributed by atoms with E-state index in [-0.39, 0.29) is 11.9 Å². The predicted molar refractivity (Wildman–Crippen MR) is 90.4 cm³/mol. The molecule has 0 saturated heterocycles. The van der Waals surface area contributed by atoms with E-state index in [1.807, 2.05) is 30.3 Å². The number of ether oxygens (including phenoxy) is 1. The van der Waals surface area contributed by atoms with Gasteiger partial charge in [0, 0.05) is 0 Å². The summed E-state index contributed by atoms with van der Waals surface area (Å²) in [6.45, 7) is 2.66. The molecule has 2 atom stereocenters. The van der Waals surface area contributed by atoms with Gasteiger partial charge in [-0.15, -0.1) is 0 Å². The van der Waals surface area contributed by atoms with Crippen LogP contribution in [0.1, 0.15) is 70.3 Å². The fraction of sp³-hybridized carbons (Fsp3) is 0.650. The van der Waals surface area contributed by atoms with E-state index in [4.69, 9.17) is 4.74 Å². The van der Waals surface area contributed by atoms with E-state index < -0.39 is 0 Å². The third-order valence-corrected chi connectivity index (χ3v) is 4.81. The number of benzene rings is 1. The van der Waals surface area contributed by atoms with Gasteiger partial charge in [0.15, 0.2) is 0 Å². The van der Waals surface area contributed by atoms with Crippen molar-refractivity contribution in [1.29, 1.82) is 0 Å². The van der Waals surface area contributed by atoms with Crippen molar-refractivity contribution in [3.63, 3.8) is 0 Å². The highest BCUT2D eigenvalue weighted by atomic mass is 16.5. The Balaban J connectivity index is 1.70. The van der Waals surface area contributed by atoms with E-state index in [0.717, 1.165) is 24.3 Å². The molecule has 0 bridgehead atoms. The Kier molecular flexibility index (Phi) is 7.48. The lowest BCUT2D eigenvalue weighted by Gasteiger charge is -2.27. The summed E-state index contributed by atoms with van der Waals surface area (Å²) in [4.78, 5) is 12.3. The summed E-state index contributed by atoms with van der Waals surface area (Å²) in [5.74, 6) is 0.885. The van der Waals surface area contributed by atoms with Crippen molar-refractivity contribution < 1.29 is 9.53 Å². The second kappa shape index (κ2) is 9.66. The van der Waals surface area contributed by atoms with Gasteiger partial charge in [-0.25, -0.2) is 0 Å². The van der Waals surface area contributed by atoms with Crippen LogP contribution < -0.4 is 0 Å². The fourth-order valence-corrected chi connectivity index (χ4v) is 3.47. The Morgan fingerprint density at radius 3 is 2.73 bits per heavy atom. The van der Waals surface area contributed by atoms with E-state index in [1.54, 1.807) is 0 Å². The highest BCUT2D eigenvalue weighted by Gasteiger charge is 2.28. The predicted octanol–water partition coefficient (Wildman–Crippen LogP) is 5.51. The van der Waals surface area contributed by atoms with Gasteiger partial charge in [-0.2, -0.15) is 0 Å². The molecule has 0 radical (unpaired) electrons. The molecular weight excluding hydrogens is 272 g/mol. The maximum Gasteiger partial charge on any atom is 0.309 e. The van der Waals surface area contributed by atoms with Crippen molar-refractivity contribution in [2.24, 2.45) is 11.8 Å². The standard InChI is InChI=1S/C20H30O2/c1-2-3-4-6-10-17-13-9-14-19(15-17)20(21)22-16-18-11-7-5-8-12-18/h5,7-8,11-12,17,19H,2-4,6,9-10,13-16H2,1H3. The van der Waals surface area contributed by atoms with E-state index in [9.17, 15) is 4.79 Å². The quantitative estimate of drug-likeness (QED) is 0.468. The first-order valence-corrected chi connectivity index (χ1v) is 9.00. The summed E-state index contributed by atoms with van der Waals surface area (Å²) in [7, 11) is 0. The molecule has 1 aromatic rings. The van der Waals surface area contributed by atoms with Gasteiger partial charge in [0.1, 0.15) is 6.61 Å². The summed E-state index contributed by atoms with van der Waals surface area (Å²) in [6.07, 6.45) is 11.1. The average Bonchev–Trinajstić information content (AvgIpc) is 2.58. The van der Waals surface area contributed by atoms with Gasteiger partial charge in [0.05, 0.1) is 5.92 Å². The summed E-state index contributed by atoms with van der Waals surface area (Å²) >= 11 is 0. The van der Waals surface area contributed by atoms with Gasteiger partial charge in [-0.3, -0.25) is 4.79 Å². The first-order valence-electron chi connectivity index (χ1n) is 9.00. The van der Waals surface area contributed by atoms with Gasteiger partial charge in [0.2, 0.25) is 0 Å². The Morgan fingerprint density at radius 1 is 1.14 bits per heavy atom. The van der Waals surface area contributed by atoms with Crippen LogP contribution in [-0.4, -0.2) is 5.97 Å². The largest absolute Gasteiger partial charge is 0.461 e. The Labute approximate surface area is 135 Å². The molecule has 0 heterocycles. The highest BCUT2D eigenvalue weighted by molar-refractivity contribution is 5.72. The van der Waals surface area contributed by atoms with Crippen LogP contribution in [0.25, 0.3) is 0 Å². The molecule has 2 rings (SSSR count). The molecule has 2 unspecified atom stereocenters. The molecule has 1 aromatic carbocycles. The monoisotopic (exact) mass is 302 g/mol. The third kappa shape index (κ3) is 5.82. The smallest absolute Gasteiger partial charge is 0.309 e. The zero-order valence-electron chi connectivity index (χ0n) is 13.9. The molecular formula is C20H30O2. The van der Waals surface area contributed by atoms with Crippen molar-refractivity contribution in [3.8, 4) is 0 Å². The van der Waals surface area contributed by atoms with Gasteiger partial charge in [-0.05, 0) is 24.3 Å². The zero-order valence-corrected chi connectivity index (χ0v) is 13.9. The molecule has 0 aliphatic heterocycles. The van der Waals surface area contributed by atoms with Gasteiger partial charge in [-0.1, -0.05) is 82.2 Å². The minimum atomic E-state index is 0.0158. The van der Waals surface area contributed by atoms with Crippen LogP contribution in [0.15, 0.2) is 30.3 Å². The molecule has 0 spiro atoms. The molecule has 0 aromatic heterocycles. The van der Waals surface area contributed by atoms with Crippen LogP contribution in [0.2, 0.25) is 0 Å². The van der Waals surface area contributed by atoms with E-state index in [0.29, 0.717) is 6.61 Å². The molecule has 22 heavy (non-hydrogen) atoms. The fourth-order valence-electron chi connectivity index (χ4n) is 3.47. The summed E-state index contributed by atoms with van der Waals surface area (Å²) in [5.41, 5.74) is 1.07. The van der Waals surface area contributed by atoms with Crippen molar-refractivity contribution in [1.82, 2.24) is 0 Å². The Bertz CT molecular complexity index is 427. The molecule has 2 nitrogen and oxygen atoms in total. The van der Waals surface area contributed by atoms with Crippen molar-refractivity contribution in [2.45, 2.75) is 71.3 Å². The third-order valence-electron chi connectivity index (χ3n) is 4.81. The molecule has 1 saturated carbocycles. The lowest BCUT2D eigenvalue weighted by atomic mass is 9.79. The van der Waals surface area contributed by atoms with Crippen LogP contribution in [-0.2, 0) is 16.1 Å². The van der Waals surface area contributed by atoms with Gasteiger partial charge < -0.3 is 4.74 Å². The topological polar surface area (TPSA) is 26.3 Å². The average molecular weight is 302 g/mol. The van der Waals surface area contributed by atoms with Crippen LogP contribution in [0.3, 0.4) is 0 Å². The van der Waals surface area contributed by atoms with E-state index >= 15 is 0 Å². The Hall–Kier alpha value is -1.31. The molecule has 0 N–H and O–H groups in total. The maximum absolute atomic E-state index is 12.3. The molecule has 1 fully saturated rings. The van der Waals surface area contributed by atoms with Gasteiger partial charge in [0.25, 0.3) is 0 Å². The van der Waals surface area contributed by atoms with E-state index in [2.05, 4.69) is 6.92 Å². The maximum atomic E-state index is 12.3. The number of unbranched alkanes of at least 4 members (excludes halogenated alkanes) is 3. The SMILES string of the molecule is CCCCCCC1CCCC(C(=O)OCc2ccccc2)C1. The summed E-state index contributed by atoms with van der Waals surface area (Å²) in [5, 5.41) is 0. The molecule has 0 amide bonds. The van der Waals surface area contributed by atoms with Crippen LogP contribution in [0.4, 0.5) is 0 Å². The second-order valence-electron chi connectivity index (χ2n) is 6.67.